The Morgan fingerprint density at radius 1 is 1.35 bits per heavy atom. The number of methoxy groups -OCH3 is 1. The van der Waals surface area contributed by atoms with Crippen LogP contribution in [0.2, 0.25) is 0 Å². The van der Waals surface area contributed by atoms with Gasteiger partial charge in [0.1, 0.15) is 10.8 Å². The zero-order valence-corrected chi connectivity index (χ0v) is 14.9. The quantitative estimate of drug-likeness (QED) is 0.788. The molecule has 0 aliphatic heterocycles. The topological polar surface area (TPSA) is 55.3 Å². The maximum Gasteiger partial charge on any atom is 0.256 e. The maximum atomic E-state index is 12.7. The van der Waals surface area contributed by atoms with Crippen molar-refractivity contribution in [1.29, 1.82) is 0 Å². The molecule has 5 nitrogen and oxygen atoms in total. The van der Waals surface area contributed by atoms with Crippen LogP contribution in [-0.4, -0.2) is 41.2 Å². The number of hydrogen-bond donors (Lipinski definition) is 0. The van der Waals surface area contributed by atoms with Crippen molar-refractivity contribution >= 4 is 17.7 Å². The summed E-state index contributed by atoms with van der Waals surface area (Å²) in [6.45, 7) is 4.34. The van der Waals surface area contributed by atoms with E-state index in [9.17, 15) is 4.79 Å². The van der Waals surface area contributed by atoms with Crippen molar-refractivity contribution in [3.8, 4) is 5.75 Å². The molecule has 0 aliphatic carbocycles. The lowest BCUT2D eigenvalue weighted by atomic mass is 10.1. The SMILES string of the molecule is COc1c(C)cnc(CN(C)C(=O)c2cccnc2SC)c1C. The summed E-state index contributed by atoms with van der Waals surface area (Å²) in [5, 5.41) is 0.732. The van der Waals surface area contributed by atoms with Crippen LogP contribution in [0.15, 0.2) is 29.6 Å². The Morgan fingerprint density at radius 3 is 2.74 bits per heavy atom. The fourth-order valence-corrected chi connectivity index (χ4v) is 2.99. The monoisotopic (exact) mass is 331 g/mol. The molecule has 2 aromatic rings. The van der Waals surface area contributed by atoms with Crippen molar-refractivity contribution in [2.24, 2.45) is 0 Å². The van der Waals surface area contributed by atoms with E-state index in [2.05, 4.69) is 9.97 Å². The van der Waals surface area contributed by atoms with E-state index >= 15 is 0 Å². The van der Waals surface area contributed by atoms with E-state index in [0.29, 0.717) is 12.1 Å². The van der Waals surface area contributed by atoms with Gasteiger partial charge in [0.25, 0.3) is 5.91 Å². The van der Waals surface area contributed by atoms with Gasteiger partial charge in [-0.3, -0.25) is 9.78 Å². The molecule has 0 N–H and O–H groups in total. The van der Waals surface area contributed by atoms with Gasteiger partial charge in [-0.1, -0.05) is 0 Å². The number of hydrogen-bond acceptors (Lipinski definition) is 5. The first kappa shape index (κ1) is 17.3. The molecule has 0 aromatic carbocycles. The minimum atomic E-state index is -0.0665. The van der Waals surface area contributed by atoms with Crippen LogP contribution < -0.4 is 4.74 Å². The van der Waals surface area contributed by atoms with E-state index in [1.54, 1.807) is 43.6 Å². The third-order valence-corrected chi connectivity index (χ3v) is 4.39. The van der Waals surface area contributed by atoms with Crippen LogP contribution >= 0.6 is 11.8 Å². The number of rotatable bonds is 5. The van der Waals surface area contributed by atoms with Gasteiger partial charge in [-0.25, -0.2) is 4.98 Å². The molecule has 6 heteroatoms. The van der Waals surface area contributed by atoms with Gasteiger partial charge in [-0.05, 0) is 32.2 Å². The van der Waals surface area contributed by atoms with Crippen molar-refractivity contribution < 1.29 is 9.53 Å². The summed E-state index contributed by atoms with van der Waals surface area (Å²) >= 11 is 1.46. The molecule has 2 heterocycles. The molecule has 0 fully saturated rings. The van der Waals surface area contributed by atoms with Gasteiger partial charge in [0.2, 0.25) is 0 Å². The first-order chi connectivity index (χ1) is 11.0. The van der Waals surface area contributed by atoms with Gasteiger partial charge < -0.3 is 9.64 Å². The first-order valence-corrected chi connectivity index (χ1v) is 8.45. The van der Waals surface area contributed by atoms with Crippen LogP contribution in [0.1, 0.15) is 27.2 Å². The summed E-state index contributed by atoms with van der Waals surface area (Å²) < 4.78 is 5.42. The molecule has 0 aliphatic rings. The van der Waals surface area contributed by atoms with E-state index in [-0.39, 0.29) is 5.91 Å². The number of thioether (sulfide) groups is 1. The van der Waals surface area contributed by atoms with Gasteiger partial charge >= 0.3 is 0 Å². The first-order valence-electron chi connectivity index (χ1n) is 7.23. The predicted molar refractivity (Wildman–Crippen MR) is 92.1 cm³/mol. The van der Waals surface area contributed by atoms with E-state index in [1.807, 2.05) is 20.1 Å². The number of ether oxygens (including phenoxy) is 1. The van der Waals surface area contributed by atoms with Crippen LogP contribution in [0.3, 0.4) is 0 Å². The van der Waals surface area contributed by atoms with E-state index < -0.39 is 0 Å². The van der Waals surface area contributed by atoms with Crippen molar-refractivity contribution in [3.05, 3.63) is 46.9 Å². The highest BCUT2D eigenvalue weighted by atomic mass is 32.2. The van der Waals surface area contributed by atoms with Crippen LogP contribution in [-0.2, 0) is 6.54 Å². The molecular weight excluding hydrogens is 310 g/mol. The number of amides is 1. The molecule has 0 spiro atoms. The van der Waals surface area contributed by atoms with E-state index in [1.165, 1.54) is 11.8 Å². The summed E-state index contributed by atoms with van der Waals surface area (Å²) in [5.41, 5.74) is 3.39. The molecule has 0 bridgehead atoms. The van der Waals surface area contributed by atoms with Crippen LogP contribution in [0.25, 0.3) is 0 Å². The van der Waals surface area contributed by atoms with Gasteiger partial charge in [0.05, 0.1) is 24.9 Å². The standard InChI is InChI=1S/C17H21N3O2S/c1-11-9-19-14(12(2)15(11)22-4)10-20(3)17(21)13-7-6-8-18-16(13)23-5/h6-9H,10H2,1-5H3. The Hall–Kier alpha value is -2.08. The van der Waals surface area contributed by atoms with Gasteiger partial charge in [0.15, 0.2) is 0 Å². The van der Waals surface area contributed by atoms with Crippen LogP contribution in [0.5, 0.6) is 5.75 Å². The Bertz CT molecular complexity index is 719. The Balaban J connectivity index is 2.25. The minimum Gasteiger partial charge on any atom is -0.496 e. The van der Waals surface area contributed by atoms with Crippen LogP contribution in [0, 0.1) is 13.8 Å². The lowest BCUT2D eigenvalue weighted by molar-refractivity contribution is 0.0779. The lowest BCUT2D eigenvalue weighted by Gasteiger charge is -2.20. The summed E-state index contributed by atoms with van der Waals surface area (Å²) in [4.78, 5) is 23.0. The molecule has 0 saturated carbocycles. The average Bonchev–Trinajstić information content (AvgIpc) is 2.57. The number of aryl methyl sites for hydroxylation is 1. The Morgan fingerprint density at radius 2 is 2.09 bits per heavy atom. The molecule has 0 unspecified atom stereocenters. The third-order valence-electron chi connectivity index (χ3n) is 3.68. The molecule has 2 aromatic heterocycles. The number of carbonyl (C=O) groups is 1. The molecule has 1 amide bonds. The minimum absolute atomic E-state index is 0.0665. The fraction of sp³-hybridized carbons (Fsp3) is 0.353. The summed E-state index contributed by atoms with van der Waals surface area (Å²) in [5.74, 6) is 0.755. The molecule has 23 heavy (non-hydrogen) atoms. The van der Waals surface area contributed by atoms with Crippen molar-refractivity contribution in [1.82, 2.24) is 14.9 Å². The van der Waals surface area contributed by atoms with Gasteiger partial charge in [-0.2, -0.15) is 0 Å². The summed E-state index contributed by atoms with van der Waals surface area (Å²) in [6.07, 6.45) is 5.38. The van der Waals surface area contributed by atoms with Crippen LogP contribution in [0.4, 0.5) is 0 Å². The number of carbonyl (C=O) groups excluding carboxylic acids is 1. The smallest absolute Gasteiger partial charge is 0.256 e. The zero-order chi connectivity index (χ0) is 17.0. The predicted octanol–water partition coefficient (Wildman–Crippen LogP) is 3.10. The second-order valence-electron chi connectivity index (χ2n) is 5.27. The average molecular weight is 331 g/mol. The summed E-state index contributed by atoms with van der Waals surface area (Å²) in [6, 6.07) is 3.58. The molecule has 122 valence electrons. The highest BCUT2D eigenvalue weighted by Crippen LogP contribution is 2.25. The second kappa shape index (κ2) is 7.46. The van der Waals surface area contributed by atoms with Gasteiger partial charge in [-0.15, -0.1) is 11.8 Å². The normalized spacial score (nSPS) is 10.5. The number of pyridine rings is 2. The second-order valence-corrected chi connectivity index (χ2v) is 6.06. The van der Waals surface area contributed by atoms with E-state index in [0.717, 1.165) is 27.6 Å². The van der Waals surface area contributed by atoms with Crippen molar-refractivity contribution in [2.45, 2.75) is 25.4 Å². The maximum absolute atomic E-state index is 12.7. The lowest BCUT2D eigenvalue weighted by Crippen LogP contribution is -2.27. The largest absolute Gasteiger partial charge is 0.496 e. The van der Waals surface area contributed by atoms with Gasteiger partial charge in [0, 0.05) is 30.6 Å². The van der Waals surface area contributed by atoms with E-state index in [4.69, 9.17) is 4.74 Å². The highest BCUT2D eigenvalue weighted by Gasteiger charge is 2.18. The number of nitrogens with zero attached hydrogens (tertiary/aromatic N) is 3. The zero-order valence-electron chi connectivity index (χ0n) is 14.1. The fourth-order valence-electron chi connectivity index (χ4n) is 2.45. The molecule has 0 atom stereocenters. The van der Waals surface area contributed by atoms with Crippen molar-refractivity contribution in [2.75, 3.05) is 20.4 Å². The molecular formula is C17H21N3O2S. The Labute approximate surface area is 141 Å². The number of aromatic nitrogens is 2. The third kappa shape index (κ3) is 3.64. The molecule has 2 rings (SSSR count). The molecule has 0 saturated heterocycles. The molecule has 0 radical (unpaired) electrons. The highest BCUT2D eigenvalue weighted by molar-refractivity contribution is 7.98. The van der Waals surface area contributed by atoms with Crippen molar-refractivity contribution in [3.63, 3.8) is 0 Å². The summed E-state index contributed by atoms with van der Waals surface area (Å²) in [7, 11) is 3.42. The Kier molecular flexibility index (Phi) is 5.60.